The van der Waals surface area contributed by atoms with E-state index in [1.54, 1.807) is 0 Å². The molecule has 0 unspecified atom stereocenters. The summed E-state index contributed by atoms with van der Waals surface area (Å²) in [5.41, 5.74) is 2.58. The number of rotatable bonds is 6. The highest BCUT2D eigenvalue weighted by molar-refractivity contribution is 5.91. The van der Waals surface area contributed by atoms with Gasteiger partial charge in [0.05, 0.1) is 6.20 Å². The van der Waals surface area contributed by atoms with Gasteiger partial charge in [0.25, 0.3) is 0 Å². The molecule has 0 atom stereocenters. The Labute approximate surface area is 243 Å². The van der Waals surface area contributed by atoms with E-state index in [0.717, 1.165) is 50.8 Å². The third-order valence-corrected chi connectivity index (χ3v) is 7.12. The van der Waals surface area contributed by atoms with Gasteiger partial charge in [0.1, 0.15) is 35.3 Å². The van der Waals surface area contributed by atoms with Crippen molar-refractivity contribution in [2.75, 3.05) is 25.0 Å². The van der Waals surface area contributed by atoms with Crippen molar-refractivity contribution in [1.82, 2.24) is 14.9 Å². The maximum Gasteiger partial charge on any atom is 0.339 e. The molecule has 6 rings (SSSR count). The molecule has 1 saturated heterocycles. The number of halogens is 1. The van der Waals surface area contributed by atoms with Crippen molar-refractivity contribution in [1.29, 1.82) is 0 Å². The molecule has 1 spiro atoms. The number of aromatic nitrogens is 2. The fraction of sp³-hybridized carbons (Fsp3) is 0.469. The van der Waals surface area contributed by atoms with Crippen LogP contribution in [0.25, 0.3) is 0 Å². The van der Waals surface area contributed by atoms with E-state index in [4.69, 9.17) is 9.47 Å². The lowest BCUT2D eigenvalue weighted by Crippen LogP contribution is -2.65. The average Bonchev–Trinajstić information content (AvgIpc) is 3.35. The van der Waals surface area contributed by atoms with Gasteiger partial charge in [-0.1, -0.05) is 53.7 Å². The predicted octanol–water partition coefficient (Wildman–Crippen LogP) is 7.18. The van der Waals surface area contributed by atoms with Crippen LogP contribution in [0.15, 0.2) is 48.9 Å². The number of hydrogen-bond donors (Lipinski definition) is 1. The van der Waals surface area contributed by atoms with E-state index in [-0.39, 0.29) is 22.8 Å². The molecule has 1 aliphatic carbocycles. The van der Waals surface area contributed by atoms with Crippen LogP contribution in [0.3, 0.4) is 0 Å². The van der Waals surface area contributed by atoms with Gasteiger partial charge < -0.3 is 19.5 Å². The van der Waals surface area contributed by atoms with Crippen molar-refractivity contribution in [2.45, 2.75) is 73.6 Å². The van der Waals surface area contributed by atoms with Gasteiger partial charge in [0.2, 0.25) is 0 Å². The maximum absolute atomic E-state index is 13.5. The van der Waals surface area contributed by atoms with Crippen LogP contribution < -0.4 is 14.4 Å². The first-order valence-electron chi connectivity index (χ1n) is 14.6. The Morgan fingerprint density at radius 2 is 1.71 bits per heavy atom. The van der Waals surface area contributed by atoms with E-state index in [0.29, 0.717) is 11.6 Å². The molecular formula is C32H43FN4O4. The quantitative estimate of drug-likeness (QED) is 0.336. The molecule has 3 aliphatic rings. The minimum absolute atomic E-state index is 0.0448. The third kappa shape index (κ3) is 6.96. The Bertz CT molecular complexity index is 1300. The smallest absolute Gasteiger partial charge is 0.339 e. The van der Waals surface area contributed by atoms with Gasteiger partial charge in [0.15, 0.2) is 11.6 Å². The largest absolute Gasteiger partial charge is 0.490 e. The second-order valence-electron chi connectivity index (χ2n) is 9.83. The van der Waals surface area contributed by atoms with E-state index in [2.05, 4.69) is 45.0 Å². The topological polar surface area (TPSA) is 88.0 Å². The fourth-order valence-corrected chi connectivity index (χ4v) is 5.50. The summed E-state index contributed by atoms with van der Waals surface area (Å²) in [7, 11) is 2.12. The minimum atomic E-state index is -1.27. The van der Waals surface area contributed by atoms with Crippen LogP contribution in [0.5, 0.6) is 17.2 Å². The molecule has 3 aromatic rings. The number of anilines is 1. The molecule has 1 saturated carbocycles. The van der Waals surface area contributed by atoms with Crippen molar-refractivity contribution < 1.29 is 23.8 Å². The Hall–Kier alpha value is -3.72. The molecule has 41 heavy (non-hydrogen) atoms. The summed E-state index contributed by atoms with van der Waals surface area (Å²) < 4.78 is 25.8. The van der Waals surface area contributed by atoms with Crippen LogP contribution >= 0.6 is 0 Å². The van der Waals surface area contributed by atoms with Crippen LogP contribution in [-0.2, 0) is 13.1 Å². The zero-order valence-electron chi connectivity index (χ0n) is 25.3. The van der Waals surface area contributed by atoms with E-state index >= 15 is 0 Å². The summed E-state index contributed by atoms with van der Waals surface area (Å²) in [6, 6.07) is 9.72. The highest BCUT2D eigenvalue weighted by atomic mass is 19.1. The summed E-state index contributed by atoms with van der Waals surface area (Å²) in [5, 5.41) is 9.40. The van der Waals surface area contributed by atoms with Crippen LogP contribution in [0.1, 0.15) is 75.9 Å². The van der Waals surface area contributed by atoms with Gasteiger partial charge in [0, 0.05) is 37.2 Å². The van der Waals surface area contributed by atoms with E-state index in [9.17, 15) is 14.3 Å². The normalized spacial score (nSPS) is 16.3. The average molecular weight is 567 g/mol. The molecule has 0 bridgehead atoms. The third-order valence-electron chi connectivity index (χ3n) is 7.12. The highest BCUT2D eigenvalue weighted by Gasteiger charge is 2.54. The fourth-order valence-electron chi connectivity index (χ4n) is 5.50. The summed E-state index contributed by atoms with van der Waals surface area (Å²) in [6.07, 6.45) is 5.10. The number of carbonyl (C=O) groups is 1. The molecular weight excluding hydrogens is 523 g/mol. The van der Waals surface area contributed by atoms with Crippen LogP contribution in [0, 0.1) is 11.2 Å². The van der Waals surface area contributed by atoms with Gasteiger partial charge in [-0.15, -0.1) is 0 Å². The number of carboxylic acid groups (broad SMARTS) is 1. The zero-order valence-corrected chi connectivity index (χ0v) is 25.3. The second-order valence-corrected chi connectivity index (χ2v) is 9.83. The molecule has 1 aromatic heterocycles. The Kier molecular flexibility index (Phi) is 11.1. The SMILES string of the molecule is CC.CC.CC.CN1Cc2cccc(OC3CC4(C3)CN(c3ncncc3Oc3ccc(F)cc3C(=O)O)C4)c2C1. The summed E-state index contributed by atoms with van der Waals surface area (Å²) in [6.45, 7) is 15.5. The number of ether oxygens (including phenoxy) is 2. The molecule has 0 radical (unpaired) electrons. The number of nitrogens with zero attached hydrogens (tertiary/aromatic N) is 4. The van der Waals surface area contributed by atoms with Gasteiger partial charge in [-0.25, -0.2) is 19.2 Å². The van der Waals surface area contributed by atoms with Crippen molar-refractivity contribution in [3.63, 3.8) is 0 Å². The number of fused-ring (bicyclic) bond motifs is 1. The number of benzene rings is 2. The molecule has 222 valence electrons. The zero-order chi connectivity index (χ0) is 30.2. The molecule has 3 heterocycles. The number of hydrogen-bond acceptors (Lipinski definition) is 7. The molecule has 9 heteroatoms. The molecule has 1 N–H and O–H groups in total. The van der Waals surface area contributed by atoms with Crippen molar-refractivity contribution in [2.24, 2.45) is 5.41 Å². The lowest BCUT2D eigenvalue weighted by atomic mass is 9.61. The molecule has 2 fully saturated rings. The van der Waals surface area contributed by atoms with Crippen molar-refractivity contribution in [3.05, 3.63) is 71.4 Å². The van der Waals surface area contributed by atoms with Crippen LogP contribution in [-0.4, -0.2) is 52.2 Å². The number of carboxylic acids is 1. The van der Waals surface area contributed by atoms with Crippen LogP contribution in [0.4, 0.5) is 10.2 Å². The Morgan fingerprint density at radius 1 is 1.00 bits per heavy atom. The highest BCUT2D eigenvalue weighted by Crippen LogP contribution is 2.52. The summed E-state index contributed by atoms with van der Waals surface area (Å²) in [4.78, 5) is 24.3. The molecule has 2 aliphatic heterocycles. The Balaban J connectivity index is 0.000000725. The van der Waals surface area contributed by atoms with Gasteiger partial charge in [-0.05, 0) is 49.7 Å². The van der Waals surface area contributed by atoms with Crippen molar-refractivity contribution in [3.8, 4) is 17.2 Å². The molecule has 0 amide bonds. The summed E-state index contributed by atoms with van der Waals surface area (Å²) >= 11 is 0. The van der Waals surface area contributed by atoms with Gasteiger partial charge in [-0.3, -0.25) is 4.90 Å². The first kappa shape index (κ1) is 31.8. The van der Waals surface area contributed by atoms with Gasteiger partial charge >= 0.3 is 5.97 Å². The van der Waals surface area contributed by atoms with Crippen molar-refractivity contribution >= 4 is 11.8 Å². The molecule has 8 nitrogen and oxygen atoms in total. The lowest BCUT2D eigenvalue weighted by molar-refractivity contribution is -0.0349. The standard InChI is InChI=1S/C26H25FN4O4.3C2H6/c1-30-11-16-3-2-4-21(20(16)12-30)34-18-8-26(9-18)13-31(14-26)24-23(10-28-15-29-24)35-22-6-5-17(27)7-19(22)25(32)33;3*1-2/h2-7,10,15,18H,8-9,11-14H2,1H3,(H,32,33);3*1-2H3. The monoisotopic (exact) mass is 566 g/mol. The van der Waals surface area contributed by atoms with E-state index in [1.165, 1.54) is 35.8 Å². The van der Waals surface area contributed by atoms with E-state index in [1.807, 2.05) is 41.5 Å². The maximum atomic E-state index is 13.5. The van der Waals surface area contributed by atoms with E-state index < -0.39 is 11.8 Å². The van der Waals surface area contributed by atoms with Crippen LogP contribution in [0.2, 0.25) is 0 Å². The number of aromatic carboxylic acids is 1. The first-order chi connectivity index (χ1) is 19.9. The predicted molar refractivity (Wildman–Crippen MR) is 159 cm³/mol. The Morgan fingerprint density at radius 3 is 2.39 bits per heavy atom. The van der Waals surface area contributed by atoms with Gasteiger partial charge in [-0.2, -0.15) is 0 Å². The minimum Gasteiger partial charge on any atom is -0.490 e. The summed E-state index contributed by atoms with van der Waals surface area (Å²) in [5.74, 6) is 0.0774. The lowest BCUT2D eigenvalue weighted by Gasteiger charge is -2.59. The first-order valence-corrected chi connectivity index (χ1v) is 14.6. The second kappa shape index (κ2) is 14.3. The molecule has 2 aromatic carbocycles.